The minimum absolute atomic E-state index is 0.249. The summed E-state index contributed by atoms with van der Waals surface area (Å²) in [6.45, 7) is 4.76. The third-order valence-electron chi connectivity index (χ3n) is 4.61. The van der Waals surface area contributed by atoms with Crippen molar-refractivity contribution in [1.82, 2.24) is 24.5 Å². The summed E-state index contributed by atoms with van der Waals surface area (Å²) in [6, 6.07) is 10.1. The van der Waals surface area contributed by atoms with Crippen molar-refractivity contribution in [3.8, 4) is 11.3 Å². The van der Waals surface area contributed by atoms with Crippen LogP contribution in [0.2, 0.25) is 0 Å². The number of H-pyrrole nitrogens is 1. The third kappa shape index (κ3) is 5.11. The lowest BCUT2D eigenvalue weighted by Crippen LogP contribution is -2.39. The highest BCUT2D eigenvalue weighted by atomic mass is 32.2. The maximum atomic E-state index is 11.9. The van der Waals surface area contributed by atoms with E-state index >= 15 is 0 Å². The van der Waals surface area contributed by atoms with E-state index in [9.17, 15) is 8.42 Å². The van der Waals surface area contributed by atoms with Gasteiger partial charge in [-0.3, -0.25) is 4.99 Å². The Morgan fingerprint density at radius 3 is 2.82 bits per heavy atom. The summed E-state index contributed by atoms with van der Waals surface area (Å²) in [5.74, 6) is 1.82. The van der Waals surface area contributed by atoms with Crippen molar-refractivity contribution in [2.24, 2.45) is 4.99 Å². The highest BCUT2D eigenvalue weighted by Crippen LogP contribution is 2.16. The number of aromatic amines is 1. The standard InChI is InChI=1S/C19H28N6O2S/c1-3-20-19(21-10-12-25-11-7-13-28(25,26)27)24(2)15-18-22-14-17(23-18)16-8-5-4-6-9-16/h4-6,8-9,14H,3,7,10-13,15H2,1-2H3,(H,20,21)(H,22,23). The van der Waals surface area contributed by atoms with Crippen LogP contribution in [0.5, 0.6) is 0 Å². The molecule has 1 aromatic heterocycles. The summed E-state index contributed by atoms with van der Waals surface area (Å²) in [5.41, 5.74) is 2.07. The van der Waals surface area contributed by atoms with Crippen molar-refractivity contribution >= 4 is 16.0 Å². The molecule has 0 radical (unpaired) electrons. The van der Waals surface area contributed by atoms with E-state index in [4.69, 9.17) is 0 Å². The fourth-order valence-electron chi connectivity index (χ4n) is 3.19. The molecule has 1 aliphatic heterocycles. The molecule has 152 valence electrons. The van der Waals surface area contributed by atoms with Gasteiger partial charge in [-0.2, -0.15) is 0 Å². The maximum absolute atomic E-state index is 11.9. The van der Waals surface area contributed by atoms with Gasteiger partial charge in [-0.25, -0.2) is 17.7 Å². The fourth-order valence-corrected chi connectivity index (χ4v) is 4.71. The summed E-state index contributed by atoms with van der Waals surface area (Å²) in [6.07, 6.45) is 2.54. The Labute approximate surface area is 166 Å². The third-order valence-corrected chi connectivity index (χ3v) is 6.57. The van der Waals surface area contributed by atoms with Crippen LogP contribution < -0.4 is 5.32 Å². The molecule has 2 N–H and O–H groups in total. The predicted molar refractivity (Wildman–Crippen MR) is 111 cm³/mol. The second-order valence-corrected chi connectivity index (χ2v) is 8.86. The molecule has 0 spiro atoms. The number of guanidine groups is 1. The molecule has 1 fully saturated rings. The van der Waals surface area contributed by atoms with Crippen LogP contribution in [0.3, 0.4) is 0 Å². The molecular formula is C19H28N6O2S. The number of sulfonamides is 1. The van der Waals surface area contributed by atoms with Gasteiger partial charge in [0, 0.05) is 26.7 Å². The molecule has 2 aromatic rings. The summed E-state index contributed by atoms with van der Waals surface area (Å²) in [4.78, 5) is 14.4. The Balaban J connectivity index is 1.61. The Bertz CT molecular complexity index is 894. The number of aromatic nitrogens is 2. The number of rotatable bonds is 7. The lowest BCUT2D eigenvalue weighted by molar-refractivity contribution is 0.442. The zero-order valence-corrected chi connectivity index (χ0v) is 17.2. The fraction of sp³-hybridized carbons (Fsp3) is 0.474. The summed E-state index contributed by atoms with van der Waals surface area (Å²) < 4.78 is 25.3. The molecule has 8 nitrogen and oxygen atoms in total. The van der Waals surface area contributed by atoms with Gasteiger partial charge in [0.1, 0.15) is 5.82 Å². The van der Waals surface area contributed by atoms with E-state index in [2.05, 4.69) is 20.3 Å². The summed E-state index contributed by atoms with van der Waals surface area (Å²) in [5, 5.41) is 3.25. The first-order valence-electron chi connectivity index (χ1n) is 9.56. The number of hydrogen-bond acceptors (Lipinski definition) is 4. The second-order valence-electron chi connectivity index (χ2n) is 6.77. The van der Waals surface area contributed by atoms with Crippen molar-refractivity contribution in [3.63, 3.8) is 0 Å². The SMILES string of the molecule is CCNC(=NCCN1CCCS1(=O)=O)N(C)Cc1ncc(-c2ccccc2)[nH]1. The molecule has 0 amide bonds. The Hall–Kier alpha value is -2.39. The lowest BCUT2D eigenvalue weighted by Gasteiger charge is -2.21. The molecule has 3 rings (SSSR count). The van der Waals surface area contributed by atoms with E-state index in [1.165, 1.54) is 4.31 Å². The van der Waals surface area contributed by atoms with Crippen LogP contribution in [0.1, 0.15) is 19.2 Å². The minimum Gasteiger partial charge on any atom is -0.357 e. The van der Waals surface area contributed by atoms with Gasteiger partial charge < -0.3 is 15.2 Å². The normalized spacial score (nSPS) is 17.0. The molecule has 0 atom stereocenters. The monoisotopic (exact) mass is 404 g/mol. The number of imidazole rings is 1. The largest absolute Gasteiger partial charge is 0.357 e. The van der Waals surface area contributed by atoms with Crippen molar-refractivity contribution in [3.05, 3.63) is 42.4 Å². The Kier molecular flexibility index (Phi) is 6.69. The van der Waals surface area contributed by atoms with E-state index in [-0.39, 0.29) is 5.75 Å². The molecule has 1 saturated heterocycles. The first kappa shape index (κ1) is 20.3. The summed E-state index contributed by atoms with van der Waals surface area (Å²) >= 11 is 0. The van der Waals surface area contributed by atoms with Crippen molar-refractivity contribution in [2.75, 3.05) is 39.0 Å². The van der Waals surface area contributed by atoms with Crippen LogP contribution in [0.15, 0.2) is 41.5 Å². The molecule has 9 heteroatoms. The van der Waals surface area contributed by atoms with Crippen molar-refractivity contribution < 1.29 is 8.42 Å². The molecule has 28 heavy (non-hydrogen) atoms. The van der Waals surface area contributed by atoms with Crippen LogP contribution in [0.4, 0.5) is 0 Å². The van der Waals surface area contributed by atoms with Gasteiger partial charge in [0.2, 0.25) is 10.0 Å². The minimum atomic E-state index is -3.07. The average Bonchev–Trinajstić information content (AvgIpc) is 3.28. The predicted octanol–water partition coefficient (Wildman–Crippen LogP) is 1.51. The van der Waals surface area contributed by atoms with Gasteiger partial charge in [-0.05, 0) is 18.9 Å². The smallest absolute Gasteiger partial charge is 0.214 e. The van der Waals surface area contributed by atoms with Crippen LogP contribution in [0.25, 0.3) is 11.3 Å². The van der Waals surface area contributed by atoms with Crippen molar-refractivity contribution in [1.29, 1.82) is 0 Å². The van der Waals surface area contributed by atoms with E-state index in [1.807, 2.05) is 55.4 Å². The number of benzene rings is 1. The first-order valence-corrected chi connectivity index (χ1v) is 11.2. The van der Waals surface area contributed by atoms with Crippen molar-refractivity contribution in [2.45, 2.75) is 19.9 Å². The molecule has 1 aromatic carbocycles. The van der Waals surface area contributed by atoms with Gasteiger partial charge in [-0.15, -0.1) is 0 Å². The highest BCUT2D eigenvalue weighted by Gasteiger charge is 2.27. The Morgan fingerprint density at radius 1 is 1.36 bits per heavy atom. The van der Waals surface area contributed by atoms with Gasteiger partial charge >= 0.3 is 0 Å². The lowest BCUT2D eigenvalue weighted by atomic mass is 10.2. The van der Waals surface area contributed by atoms with E-state index in [0.717, 1.165) is 29.6 Å². The maximum Gasteiger partial charge on any atom is 0.214 e. The zero-order valence-electron chi connectivity index (χ0n) is 16.4. The number of nitrogens with one attached hydrogen (secondary N) is 2. The molecule has 0 aliphatic carbocycles. The topological polar surface area (TPSA) is 93.7 Å². The molecule has 0 saturated carbocycles. The van der Waals surface area contributed by atoms with Crippen LogP contribution in [0, 0.1) is 0 Å². The Morgan fingerprint density at radius 2 is 2.14 bits per heavy atom. The highest BCUT2D eigenvalue weighted by molar-refractivity contribution is 7.89. The zero-order chi connectivity index (χ0) is 20.0. The van der Waals surface area contributed by atoms with E-state index in [1.54, 1.807) is 0 Å². The van der Waals surface area contributed by atoms with E-state index < -0.39 is 10.0 Å². The number of hydrogen-bond donors (Lipinski definition) is 2. The first-order chi connectivity index (χ1) is 13.5. The van der Waals surface area contributed by atoms with Gasteiger partial charge in [0.15, 0.2) is 5.96 Å². The average molecular weight is 405 g/mol. The van der Waals surface area contributed by atoms with Gasteiger partial charge in [0.25, 0.3) is 0 Å². The molecule has 0 unspecified atom stereocenters. The molecular weight excluding hydrogens is 376 g/mol. The second kappa shape index (κ2) is 9.20. The van der Waals surface area contributed by atoms with Gasteiger partial charge in [-0.1, -0.05) is 30.3 Å². The number of nitrogens with zero attached hydrogens (tertiary/aromatic N) is 4. The van der Waals surface area contributed by atoms with Crippen LogP contribution >= 0.6 is 0 Å². The molecule has 0 bridgehead atoms. The van der Waals surface area contributed by atoms with Gasteiger partial charge in [0.05, 0.1) is 30.7 Å². The quantitative estimate of drug-likeness (QED) is 0.539. The summed E-state index contributed by atoms with van der Waals surface area (Å²) in [7, 11) is -1.13. The molecule has 1 aliphatic rings. The number of aliphatic imine (C=N–C) groups is 1. The van der Waals surface area contributed by atoms with Crippen LogP contribution in [-0.4, -0.2) is 72.5 Å². The van der Waals surface area contributed by atoms with Crippen LogP contribution in [-0.2, 0) is 16.6 Å². The molecule has 2 heterocycles. The van der Waals surface area contributed by atoms with E-state index in [0.29, 0.717) is 32.6 Å².